The first kappa shape index (κ1) is 29.7. The summed E-state index contributed by atoms with van der Waals surface area (Å²) >= 11 is 2.26. The number of rotatable bonds is 8. The van der Waals surface area contributed by atoms with Gasteiger partial charge >= 0.3 is 18.2 Å². The number of nitrogen functional groups attached to an aromatic ring is 1. The summed E-state index contributed by atoms with van der Waals surface area (Å²) in [5.74, 6) is -2.83. The van der Waals surface area contributed by atoms with Gasteiger partial charge in [0.1, 0.15) is 29.9 Å². The number of carbonyl (C=O) groups is 5. The maximum atomic E-state index is 13.3. The van der Waals surface area contributed by atoms with Crippen molar-refractivity contribution < 1.29 is 43.4 Å². The van der Waals surface area contributed by atoms with E-state index in [1.165, 1.54) is 24.3 Å². The predicted octanol–water partition coefficient (Wildman–Crippen LogP) is 0.585. The van der Waals surface area contributed by atoms with E-state index in [1.54, 1.807) is 26.0 Å². The highest BCUT2D eigenvalue weighted by molar-refractivity contribution is 8.00. The molecule has 0 aromatic carbocycles. The molecule has 3 atom stereocenters. The zero-order valence-corrected chi connectivity index (χ0v) is 23.8. The lowest BCUT2D eigenvalue weighted by molar-refractivity contribution is -0.150. The Kier molecular flexibility index (Phi) is 9.01. The van der Waals surface area contributed by atoms with E-state index in [0.29, 0.717) is 0 Å². The number of carboxylic acids is 1. The monoisotopic (exact) mass is 609 g/mol. The lowest BCUT2D eigenvalue weighted by Gasteiger charge is -2.51. The summed E-state index contributed by atoms with van der Waals surface area (Å²) in [4.78, 5) is 74.2. The van der Waals surface area contributed by atoms with Crippen LogP contribution >= 0.6 is 23.1 Å². The number of aliphatic carboxylic acids is 1. The van der Waals surface area contributed by atoms with Crippen LogP contribution in [0.1, 0.15) is 19.5 Å². The van der Waals surface area contributed by atoms with Crippen molar-refractivity contribution in [2.45, 2.75) is 31.3 Å². The largest absolute Gasteiger partial charge is 0.477 e. The third-order valence-corrected chi connectivity index (χ3v) is 8.04. The minimum Gasteiger partial charge on any atom is -0.477 e. The second kappa shape index (κ2) is 12.5. The molecule has 0 aliphatic carbocycles. The van der Waals surface area contributed by atoms with Crippen molar-refractivity contribution >= 4 is 63.9 Å². The zero-order valence-electron chi connectivity index (χ0n) is 22.1. The number of carboxylic acid groups (broad SMARTS) is 1. The maximum absolute atomic E-state index is 13.3. The number of thiazole rings is 1. The number of hydrogen-bond acceptors (Lipinski definition) is 13. The van der Waals surface area contributed by atoms with Crippen LogP contribution in [-0.4, -0.2) is 111 Å². The van der Waals surface area contributed by atoms with Crippen LogP contribution in [0.15, 0.2) is 34.0 Å². The fourth-order valence-corrected chi connectivity index (χ4v) is 6.35. The summed E-state index contributed by atoms with van der Waals surface area (Å²) in [7, 11) is 1.24. The van der Waals surface area contributed by atoms with Gasteiger partial charge in [0.25, 0.3) is 11.8 Å². The van der Waals surface area contributed by atoms with Gasteiger partial charge in [-0.05, 0) is 19.4 Å². The van der Waals surface area contributed by atoms with E-state index < -0.39 is 47.4 Å². The Labute approximate surface area is 241 Å². The number of carbonyl (C=O) groups excluding carboxylic acids is 4. The molecule has 1 aromatic heterocycles. The van der Waals surface area contributed by atoms with Gasteiger partial charge in [0.05, 0.1) is 25.8 Å². The van der Waals surface area contributed by atoms with Gasteiger partial charge < -0.3 is 30.5 Å². The number of hydrazine groups is 1. The molecule has 18 heteroatoms. The van der Waals surface area contributed by atoms with E-state index >= 15 is 0 Å². The molecule has 0 bridgehead atoms. The molecule has 4 N–H and O–H groups in total. The van der Waals surface area contributed by atoms with Crippen LogP contribution in [0.25, 0.3) is 0 Å². The molecule has 1 unspecified atom stereocenters. The fourth-order valence-electron chi connectivity index (χ4n) is 4.41. The van der Waals surface area contributed by atoms with Crippen LogP contribution in [0.2, 0.25) is 0 Å². The maximum Gasteiger partial charge on any atom is 0.429 e. The first-order valence-corrected chi connectivity index (χ1v) is 14.2. The molecule has 3 aliphatic heterocycles. The number of thioether (sulfide) groups is 1. The van der Waals surface area contributed by atoms with E-state index in [4.69, 9.17) is 20.0 Å². The molecule has 41 heavy (non-hydrogen) atoms. The highest BCUT2D eigenvalue weighted by atomic mass is 32.2. The second-order valence-electron chi connectivity index (χ2n) is 8.43. The van der Waals surface area contributed by atoms with Crippen LogP contribution in [0.3, 0.4) is 0 Å². The molecular weight excluding hydrogens is 582 g/mol. The quantitative estimate of drug-likeness (QED) is 0.160. The lowest BCUT2D eigenvalue weighted by Crippen LogP contribution is -2.71. The number of nitrogens with zero attached hydrogens (tertiary/aromatic N) is 5. The van der Waals surface area contributed by atoms with Gasteiger partial charge in [0.15, 0.2) is 10.8 Å². The van der Waals surface area contributed by atoms with Gasteiger partial charge in [0, 0.05) is 11.1 Å². The summed E-state index contributed by atoms with van der Waals surface area (Å²) in [6, 6.07) is -2.15. The molecular formula is C23H27N7O9S2. The van der Waals surface area contributed by atoms with Gasteiger partial charge in [-0.3, -0.25) is 14.5 Å². The summed E-state index contributed by atoms with van der Waals surface area (Å²) in [6.45, 7) is 3.21. The summed E-state index contributed by atoms with van der Waals surface area (Å²) in [5.41, 5.74) is 5.40. The Balaban J connectivity index is 1.63. The zero-order chi connectivity index (χ0) is 29.8. The molecule has 1 fully saturated rings. The predicted molar refractivity (Wildman–Crippen MR) is 145 cm³/mol. The van der Waals surface area contributed by atoms with Crippen LogP contribution in [0, 0.1) is 0 Å². The molecule has 1 saturated heterocycles. The molecule has 16 nitrogen and oxygen atoms in total. The van der Waals surface area contributed by atoms with Gasteiger partial charge in [-0.2, -0.15) is 0 Å². The minimum atomic E-state index is -1.42. The Morgan fingerprint density at radius 1 is 1.22 bits per heavy atom. The summed E-state index contributed by atoms with van der Waals surface area (Å²) in [5, 5.41) is 19.4. The van der Waals surface area contributed by atoms with Crippen molar-refractivity contribution in [2.24, 2.45) is 5.16 Å². The van der Waals surface area contributed by atoms with Gasteiger partial charge in [0.2, 0.25) is 0 Å². The molecule has 0 radical (unpaired) electrons. The smallest absolute Gasteiger partial charge is 0.429 e. The third kappa shape index (κ3) is 5.64. The number of β-lactam (4-membered cyclic amide) rings is 1. The molecule has 0 spiro atoms. The first-order valence-electron chi connectivity index (χ1n) is 12.3. The molecule has 4 amide bonds. The van der Waals surface area contributed by atoms with E-state index in [0.717, 1.165) is 26.3 Å². The second-order valence-corrected chi connectivity index (χ2v) is 10.4. The number of anilines is 1. The highest BCUT2D eigenvalue weighted by Gasteiger charge is 2.56. The molecule has 3 aliphatic rings. The number of fused-ring (bicyclic) bond motifs is 1. The molecule has 1 aromatic rings. The van der Waals surface area contributed by atoms with E-state index in [-0.39, 0.29) is 53.3 Å². The SMILES string of the molecule is CCOC(=O)N1CC=CC(C2=C(C(=O)O)N3C(=O)[C@@H](NC(=O)/C(=N\OC)c4csc(N)n4)[C@@H]3SC2)N1C(=O)OCC. The van der Waals surface area contributed by atoms with Gasteiger partial charge in [-0.1, -0.05) is 17.3 Å². The Hall–Kier alpha value is -4.32. The Morgan fingerprint density at radius 2 is 1.93 bits per heavy atom. The van der Waals surface area contributed by atoms with Crippen LogP contribution in [0.5, 0.6) is 0 Å². The highest BCUT2D eigenvalue weighted by Crippen LogP contribution is 2.42. The average molecular weight is 610 g/mol. The van der Waals surface area contributed by atoms with Gasteiger partial charge in [-0.15, -0.1) is 23.1 Å². The number of hydrogen-bond donors (Lipinski definition) is 3. The van der Waals surface area contributed by atoms with Crippen molar-refractivity contribution in [1.29, 1.82) is 0 Å². The van der Waals surface area contributed by atoms with Crippen molar-refractivity contribution in [1.82, 2.24) is 25.2 Å². The first-order chi connectivity index (χ1) is 19.6. The normalized spacial score (nSPS) is 22.1. The minimum absolute atomic E-state index is 0.00205. The van der Waals surface area contributed by atoms with Crippen molar-refractivity contribution in [3.8, 4) is 0 Å². The molecule has 4 heterocycles. The topological polar surface area (TPSA) is 206 Å². The van der Waals surface area contributed by atoms with Crippen LogP contribution in [0.4, 0.5) is 14.7 Å². The van der Waals surface area contributed by atoms with E-state index in [2.05, 4.69) is 15.5 Å². The standard InChI is InChI=1S/C23H27N7O9S2/c1-4-38-22(35)28-8-6-7-13(30(28)23(36)39-5-2)11-9-40-19-15(18(32)29(19)16(11)20(33)34)26-17(31)14(27-37-3)12-10-41-21(24)25-12/h6-7,10,13,15,19H,4-5,8-9H2,1-3H3,(H2,24,25)(H,26,31)(H,33,34)/b27-14-/t13?,15-,19+/m1/s1. The summed E-state index contributed by atoms with van der Waals surface area (Å²) in [6.07, 6.45) is 1.42. The number of aromatic nitrogens is 1. The average Bonchev–Trinajstić information content (AvgIpc) is 3.38. The Morgan fingerprint density at radius 3 is 2.54 bits per heavy atom. The molecule has 0 saturated carbocycles. The number of nitrogens with two attached hydrogens (primary N) is 1. The fraction of sp³-hybridized carbons (Fsp3) is 0.435. The van der Waals surface area contributed by atoms with Crippen molar-refractivity contribution in [3.05, 3.63) is 34.5 Å². The summed E-state index contributed by atoms with van der Waals surface area (Å²) < 4.78 is 10.2. The molecule has 220 valence electrons. The van der Waals surface area contributed by atoms with Crippen molar-refractivity contribution in [2.75, 3.05) is 38.4 Å². The van der Waals surface area contributed by atoms with Crippen LogP contribution < -0.4 is 11.1 Å². The number of amides is 4. The Bertz CT molecular complexity index is 1340. The van der Waals surface area contributed by atoms with Gasteiger partial charge in [-0.25, -0.2) is 29.4 Å². The lowest BCUT2D eigenvalue weighted by atomic mass is 9.97. The van der Waals surface area contributed by atoms with Crippen LogP contribution in [-0.2, 0) is 28.7 Å². The third-order valence-electron chi connectivity index (χ3n) is 6.06. The van der Waals surface area contributed by atoms with Crippen molar-refractivity contribution in [3.63, 3.8) is 0 Å². The molecule has 4 rings (SSSR count). The number of nitrogens with one attached hydrogen (secondary N) is 1. The number of ether oxygens (including phenoxy) is 2. The van der Waals surface area contributed by atoms with E-state index in [9.17, 15) is 29.1 Å². The number of oxime groups is 1. The van der Waals surface area contributed by atoms with E-state index in [1.807, 2.05) is 0 Å².